The molecule has 1 amide bonds. The van der Waals surface area contributed by atoms with Gasteiger partial charge in [-0.3, -0.25) is 4.79 Å². The van der Waals surface area contributed by atoms with E-state index >= 15 is 0 Å². The number of carbonyl (C=O) groups excluding carboxylic acids is 1. The van der Waals surface area contributed by atoms with E-state index in [1.165, 1.54) is 11.8 Å². The Labute approximate surface area is 130 Å². The number of amidine groups is 1. The Morgan fingerprint density at radius 3 is 2.95 bits per heavy atom. The molecular weight excluding hydrogens is 308 g/mol. The molecule has 106 valence electrons. The number of aliphatic imine (C=N–C) groups is 1. The number of hydrogen-bond donors (Lipinski definition) is 1. The second-order valence-electron chi connectivity index (χ2n) is 4.38. The van der Waals surface area contributed by atoms with Gasteiger partial charge in [-0.2, -0.15) is 0 Å². The van der Waals surface area contributed by atoms with Crippen LogP contribution in [0.4, 0.5) is 5.69 Å². The molecule has 1 aromatic carbocycles. The molecular formula is C15H11ClN2O2S. The van der Waals surface area contributed by atoms with E-state index in [0.29, 0.717) is 20.9 Å². The van der Waals surface area contributed by atoms with Gasteiger partial charge in [0.1, 0.15) is 5.76 Å². The van der Waals surface area contributed by atoms with Crippen LogP contribution in [0, 0.1) is 6.92 Å². The maximum atomic E-state index is 11.9. The summed E-state index contributed by atoms with van der Waals surface area (Å²) in [5.41, 5.74) is 1.62. The zero-order valence-electron chi connectivity index (χ0n) is 11.1. The van der Waals surface area contributed by atoms with Gasteiger partial charge in [0.25, 0.3) is 5.91 Å². The summed E-state index contributed by atoms with van der Waals surface area (Å²) in [6, 6.07) is 9.06. The summed E-state index contributed by atoms with van der Waals surface area (Å²) in [5, 5.41) is 3.91. The molecule has 0 bridgehead atoms. The van der Waals surface area contributed by atoms with Crippen LogP contribution in [0.25, 0.3) is 6.08 Å². The molecule has 2 aromatic rings. The molecule has 1 aliphatic rings. The van der Waals surface area contributed by atoms with Crippen molar-refractivity contribution in [2.45, 2.75) is 6.92 Å². The van der Waals surface area contributed by atoms with E-state index in [-0.39, 0.29) is 5.91 Å². The molecule has 0 saturated carbocycles. The zero-order chi connectivity index (χ0) is 14.8. The molecule has 0 unspecified atom stereocenters. The smallest absolute Gasteiger partial charge is 0.264 e. The number of rotatable bonds is 2. The lowest BCUT2D eigenvalue weighted by atomic mass is 10.2. The van der Waals surface area contributed by atoms with E-state index in [1.807, 2.05) is 25.1 Å². The Hall–Kier alpha value is -1.98. The summed E-state index contributed by atoms with van der Waals surface area (Å²) in [7, 11) is 0. The fourth-order valence-corrected chi connectivity index (χ4v) is 2.79. The summed E-state index contributed by atoms with van der Waals surface area (Å²) in [5.74, 6) is 0.447. The second-order valence-corrected chi connectivity index (χ2v) is 5.82. The van der Waals surface area contributed by atoms with Gasteiger partial charge in [0.05, 0.1) is 16.9 Å². The van der Waals surface area contributed by atoms with Crippen molar-refractivity contribution >= 4 is 46.2 Å². The van der Waals surface area contributed by atoms with Crippen LogP contribution in [0.5, 0.6) is 0 Å². The minimum atomic E-state index is -0.185. The van der Waals surface area contributed by atoms with Crippen molar-refractivity contribution in [1.29, 1.82) is 0 Å². The van der Waals surface area contributed by atoms with E-state index in [2.05, 4.69) is 10.3 Å². The number of halogens is 1. The van der Waals surface area contributed by atoms with Crippen LogP contribution in [-0.4, -0.2) is 11.1 Å². The molecule has 21 heavy (non-hydrogen) atoms. The van der Waals surface area contributed by atoms with E-state index in [4.69, 9.17) is 16.0 Å². The van der Waals surface area contributed by atoms with Crippen LogP contribution < -0.4 is 5.32 Å². The van der Waals surface area contributed by atoms with Crippen molar-refractivity contribution < 1.29 is 9.21 Å². The number of furan rings is 1. The fourth-order valence-electron chi connectivity index (χ4n) is 1.81. The Morgan fingerprint density at radius 2 is 2.19 bits per heavy atom. The first-order valence-electron chi connectivity index (χ1n) is 6.22. The molecule has 0 spiro atoms. The summed E-state index contributed by atoms with van der Waals surface area (Å²) in [6.07, 6.45) is 3.25. The monoisotopic (exact) mass is 318 g/mol. The van der Waals surface area contributed by atoms with Gasteiger partial charge in [-0.15, -0.1) is 0 Å². The van der Waals surface area contributed by atoms with Crippen molar-refractivity contribution in [3.63, 3.8) is 0 Å². The Balaban J connectivity index is 1.87. The molecule has 4 nitrogen and oxygen atoms in total. The lowest BCUT2D eigenvalue weighted by Crippen LogP contribution is -2.19. The Bertz CT molecular complexity index is 751. The van der Waals surface area contributed by atoms with Crippen LogP contribution in [0.15, 0.2) is 50.9 Å². The first-order chi connectivity index (χ1) is 10.1. The number of nitrogens with zero attached hydrogens (tertiary/aromatic N) is 1. The van der Waals surface area contributed by atoms with Gasteiger partial charge in [0, 0.05) is 11.1 Å². The molecule has 1 saturated heterocycles. The van der Waals surface area contributed by atoms with Crippen molar-refractivity contribution in [3.05, 3.63) is 57.8 Å². The van der Waals surface area contributed by atoms with Gasteiger partial charge in [-0.25, -0.2) is 4.99 Å². The lowest BCUT2D eigenvalue weighted by molar-refractivity contribution is -0.115. The number of nitrogens with one attached hydrogen (secondary N) is 1. The van der Waals surface area contributed by atoms with Crippen LogP contribution in [0.1, 0.15) is 11.3 Å². The summed E-state index contributed by atoms with van der Waals surface area (Å²) in [6.45, 7) is 1.89. The van der Waals surface area contributed by atoms with E-state index < -0.39 is 0 Å². The van der Waals surface area contributed by atoms with Gasteiger partial charge >= 0.3 is 0 Å². The molecule has 1 aromatic heterocycles. The van der Waals surface area contributed by atoms with Gasteiger partial charge in [0.2, 0.25) is 0 Å². The van der Waals surface area contributed by atoms with Crippen molar-refractivity contribution in [1.82, 2.24) is 5.32 Å². The third-order valence-electron chi connectivity index (χ3n) is 2.93. The predicted octanol–water partition coefficient (Wildman–Crippen LogP) is 4.13. The topological polar surface area (TPSA) is 54.6 Å². The summed E-state index contributed by atoms with van der Waals surface area (Å²) in [4.78, 5) is 16.9. The van der Waals surface area contributed by atoms with Crippen LogP contribution in [0.3, 0.4) is 0 Å². The highest BCUT2D eigenvalue weighted by Gasteiger charge is 2.24. The molecule has 1 fully saturated rings. The van der Waals surface area contributed by atoms with Crippen LogP contribution in [0.2, 0.25) is 5.02 Å². The van der Waals surface area contributed by atoms with Crippen LogP contribution in [-0.2, 0) is 4.79 Å². The number of benzene rings is 1. The van der Waals surface area contributed by atoms with Crippen LogP contribution >= 0.6 is 23.4 Å². The average Bonchev–Trinajstić information content (AvgIpc) is 3.07. The molecule has 0 radical (unpaired) electrons. The number of thioether (sulfide) groups is 1. The Kier molecular flexibility index (Phi) is 3.86. The van der Waals surface area contributed by atoms with Gasteiger partial charge in [0.15, 0.2) is 5.17 Å². The molecule has 2 heterocycles. The lowest BCUT2D eigenvalue weighted by Gasteiger charge is -2.02. The first kappa shape index (κ1) is 14.0. The molecule has 1 N–H and O–H groups in total. The molecule has 3 rings (SSSR count). The van der Waals surface area contributed by atoms with E-state index in [0.717, 1.165) is 11.3 Å². The Morgan fingerprint density at radius 1 is 1.33 bits per heavy atom. The summed E-state index contributed by atoms with van der Waals surface area (Å²) >= 11 is 7.34. The quantitative estimate of drug-likeness (QED) is 0.847. The minimum Gasteiger partial charge on any atom is -0.465 e. The van der Waals surface area contributed by atoms with E-state index in [1.54, 1.807) is 24.5 Å². The summed E-state index contributed by atoms with van der Waals surface area (Å²) < 4.78 is 5.21. The van der Waals surface area contributed by atoms with Gasteiger partial charge < -0.3 is 9.73 Å². The normalized spacial score (nSPS) is 18.5. The van der Waals surface area contributed by atoms with E-state index in [9.17, 15) is 4.79 Å². The standard InChI is InChI=1S/C15H11ClN2O2S/c1-9-11(16)5-2-6-12(9)17-15-18-14(19)13(21-15)8-10-4-3-7-20-10/h2-8H,1H3,(H,17,18,19)/b13-8-. The molecule has 6 heteroatoms. The third-order valence-corrected chi connectivity index (χ3v) is 4.25. The zero-order valence-corrected chi connectivity index (χ0v) is 12.7. The maximum Gasteiger partial charge on any atom is 0.264 e. The largest absolute Gasteiger partial charge is 0.465 e. The second kappa shape index (κ2) is 5.79. The fraction of sp³-hybridized carbons (Fsp3) is 0.0667. The number of hydrogen-bond acceptors (Lipinski definition) is 4. The van der Waals surface area contributed by atoms with Crippen molar-refractivity contribution in [2.75, 3.05) is 0 Å². The van der Waals surface area contributed by atoms with Gasteiger partial charge in [-0.1, -0.05) is 17.7 Å². The number of amides is 1. The van der Waals surface area contributed by atoms with Crippen molar-refractivity contribution in [2.24, 2.45) is 4.99 Å². The average molecular weight is 319 g/mol. The minimum absolute atomic E-state index is 0.185. The third kappa shape index (κ3) is 3.04. The first-order valence-corrected chi connectivity index (χ1v) is 7.41. The molecule has 0 atom stereocenters. The van der Waals surface area contributed by atoms with Gasteiger partial charge in [-0.05, 0) is 48.5 Å². The highest BCUT2D eigenvalue weighted by molar-refractivity contribution is 8.18. The molecule has 1 aliphatic heterocycles. The predicted molar refractivity (Wildman–Crippen MR) is 85.7 cm³/mol. The maximum absolute atomic E-state index is 11.9. The molecule has 0 aliphatic carbocycles. The highest BCUT2D eigenvalue weighted by Crippen LogP contribution is 2.31. The SMILES string of the molecule is Cc1c(Cl)cccc1N=C1NC(=O)/C(=C/c2ccco2)S1. The highest BCUT2D eigenvalue weighted by atomic mass is 35.5. The number of carbonyl (C=O) groups is 1. The van der Waals surface area contributed by atoms with Crippen molar-refractivity contribution in [3.8, 4) is 0 Å².